The summed E-state index contributed by atoms with van der Waals surface area (Å²) in [4.78, 5) is 23.1. The Kier molecular flexibility index (Phi) is 3.37. The van der Waals surface area contributed by atoms with Crippen LogP contribution in [-0.4, -0.2) is 15.0 Å². The Morgan fingerprint density at radius 1 is 1.00 bits per heavy atom. The molecule has 0 spiro atoms. The smallest absolute Gasteiger partial charge is 0.251 e. The molecule has 0 saturated heterocycles. The predicted molar refractivity (Wildman–Crippen MR) is 77.3 cm³/mol. The summed E-state index contributed by atoms with van der Waals surface area (Å²) in [5, 5.41) is 0. The molecular weight excluding hydrogens is 250 g/mol. The predicted octanol–water partition coefficient (Wildman–Crippen LogP) is 2.42. The Morgan fingerprint density at radius 3 is 2.55 bits per heavy atom. The third-order valence-electron chi connectivity index (χ3n) is 3.07. The van der Waals surface area contributed by atoms with Gasteiger partial charge in [0.05, 0.1) is 11.9 Å². The molecule has 3 rings (SSSR count). The number of aromatic amines is 1. The number of rotatable bonds is 3. The first-order chi connectivity index (χ1) is 9.83. The molecule has 3 aromatic rings. The average Bonchev–Trinajstić information content (AvgIpc) is 2.51. The standard InChI is InChI=1S/C16H13N3O/c20-16-13(10-12-4-2-1-3-5-12)6-7-14(19-16)15-11-17-8-9-18-15/h1-9,11H,10H2,(H,19,20). The van der Waals surface area contributed by atoms with Gasteiger partial charge in [-0.3, -0.25) is 14.8 Å². The summed E-state index contributed by atoms with van der Waals surface area (Å²) >= 11 is 0. The summed E-state index contributed by atoms with van der Waals surface area (Å²) in [5.41, 5.74) is 3.11. The van der Waals surface area contributed by atoms with Crippen LogP contribution in [0.4, 0.5) is 0 Å². The molecule has 0 aliphatic heterocycles. The molecule has 0 bridgehead atoms. The molecule has 1 N–H and O–H groups in total. The number of H-pyrrole nitrogens is 1. The van der Waals surface area contributed by atoms with Crippen molar-refractivity contribution in [3.63, 3.8) is 0 Å². The number of aromatic nitrogens is 3. The van der Waals surface area contributed by atoms with Gasteiger partial charge in [0.2, 0.25) is 0 Å². The van der Waals surface area contributed by atoms with Crippen LogP contribution in [-0.2, 0) is 6.42 Å². The number of pyridine rings is 1. The minimum atomic E-state index is -0.0861. The quantitative estimate of drug-likeness (QED) is 0.789. The van der Waals surface area contributed by atoms with Crippen molar-refractivity contribution >= 4 is 0 Å². The first-order valence-electron chi connectivity index (χ1n) is 6.35. The van der Waals surface area contributed by atoms with Crippen LogP contribution in [0, 0.1) is 0 Å². The maximum Gasteiger partial charge on any atom is 0.251 e. The monoisotopic (exact) mass is 263 g/mol. The fourth-order valence-corrected chi connectivity index (χ4v) is 2.05. The summed E-state index contributed by atoms with van der Waals surface area (Å²) < 4.78 is 0. The van der Waals surface area contributed by atoms with Gasteiger partial charge in [-0.15, -0.1) is 0 Å². The molecule has 98 valence electrons. The van der Waals surface area contributed by atoms with Gasteiger partial charge in [-0.25, -0.2) is 0 Å². The van der Waals surface area contributed by atoms with Crippen molar-refractivity contribution in [1.29, 1.82) is 0 Å². The first-order valence-corrected chi connectivity index (χ1v) is 6.35. The summed E-state index contributed by atoms with van der Waals surface area (Å²) in [6.07, 6.45) is 5.45. The highest BCUT2D eigenvalue weighted by molar-refractivity contribution is 5.52. The molecule has 0 aliphatic rings. The topological polar surface area (TPSA) is 58.6 Å². The highest BCUT2D eigenvalue weighted by atomic mass is 16.1. The fraction of sp³-hybridized carbons (Fsp3) is 0.0625. The average molecular weight is 263 g/mol. The number of benzene rings is 1. The molecular formula is C16H13N3O. The van der Waals surface area contributed by atoms with Crippen molar-refractivity contribution in [2.24, 2.45) is 0 Å². The van der Waals surface area contributed by atoms with Crippen LogP contribution in [0.3, 0.4) is 0 Å². The molecule has 20 heavy (non-hydrogen) atoms. The minimum Gasteiger partial charge on any atom is -0.320 e. The normalized spacial score (nSPS) is 10.4. The lowest BCUT2D eigenvalue weighted by atomic mass is 10.1. The maximum absolute atomic E-state index is 12.1. The molecule has 0 saturated carbocycles. The molecule has 0 unspecified atom stereocenters. The summed E-state index contributed by atoms with van der Waals surface area (Å²) in [6.45, 7) is 0. The van der Waals surface area contributed by atoms with Gasteiger partial charge < -0.3 is 4.98 Å². The Labute approximate surface area is 116 Å². The second-order valence-corrected chi connectivity index (χ2v) is 4.48. The Bertz CT molecular complexity index is 751. The van der Waals surface area contributed by atoms with Crippen molar-refractivity contribution < 1.29 is 0 Å². The van der Waals surface area contributed by atoms with Gasteiger partial charge in [0, 0.05) is 24.4 Å². The maximum atomic E-state index is 12.1. The molecule has 0 amide bonds. The summed E-state index contributed by atoms with van der Waals surface area (Å²) in [7, 11) is 0. The van der Waals surface area contributed by atoms with Crippen molar-refractivity contribution in [2.75, 3.05) is 0 Å². The Hall–Kier alpha value is -2.75. The molecule has 1 aromatic carbocycles. The zero-order valence-electron chi connectivity index (χ0n) is 10.8. The van der Waals surface area contributed by atoms with Gasteiger partial charge in [-0.2, -0.15) is 0 Å². The number of hydrogen-bond acceptors (Lipinski definition) is 3. The third kappa shape index (κ3) is 2.64. The molecule has 4 heteroatoms. The van der Waals surface area contributed by atoms with Gasteiger partial charge in [-0.1, -0.05) is 36.4 Å². The van der Waals surface area contributed by atoms with E-state index in [1.165, 1.54) is 0 Å². The van der Waals surface area contributed by atoms with Crippen molar-refractivity contribution in [2.45, 2.75) is 6.42 Å². The highest BCUT2D eigenvalue weighted by Gasteiger charge is 2.05. The van der Waals surface area contributed by atoms with Crippen LogP contribution >= 0.6 is 0 Å². The second kappa shape index (κ2) is 5.48. The van der Waals surface area contributed by atoms with E-state index >= 15 is 0 Å². The largest absolute Gasteiger partial charge is 0.320 e. The molecule has 2 aromatic heterocycles. The van der Waals surface area contributed by atoms with Crippen molar-refractivity contribution in [1.82, 2.24) is 15.0 Å². The zero-order chi connectivity index (χ0) is 13.8. The zero-order valence-corrected chi connectivity index (χ0v) is 10.8. The van der Waals surface area contributed by atoms with Gasteiger partial charge >= 0.3 is 0 Å². The third-order valence-corrected chi connectivity index (χ3v) is 3.07. The molecule has 0 radical (unpaired) electrons. The molecule has 4 nitrogen and oxygen atoms in total. The van der Waals surface area contributed by atoms with Crippen LogP contribution < -0.4 is 5.56 Å². The summed E-state index contributed by atoms with van der Waals surface area (Å²) in [6, 6.07) is 13.6. The van der Waals surface area contributed by atoms with Gasteiger partial charge in [-0.05, 0) is 11.6 Å². The van der Waals surface area contributed by atoms with E-state index in [2.05, 4.69) is 15.0 Å². The van der Waals surface area contributed by atoms with Crippen LogP contribution in [0.5, 0.6) is 0 Å². The number of nitrogens with one attached hydrogen (secondary N) is 1. The van der Waals surface area contributed by atoms with Crippen LogP contribution in [0.2, 0.25) is 0 Å². The van der Waals surface area contributed by atoms with Crippen LogP contribution in [0.25, 0.3) is 11.4 Å². The van der Waals surface area contributed by atoms with Gasteiger partial charge in [0.1, 0.15) is 5.69 Å². The van der Waals surface area contributed by atoms with Gasteiger partial charge in [0.25, 0.3) is 5.56 Å². The molecule has 0 atom stereocenters. The van der Waals surface area contributed by atoms with Crippen molar-refractivity contribution in [3.05, 3.63) is 82.5 Å². The lowest BCUT2D eigenvalue weighted by Crippen LogP contribution is -2.13. The van der Waals surface area contributed by atoms with Crippen molar-refractivity contribution in [3.8, 4) is 11.4 Å². The lowest BCUT2D eigenvalue weighted by Gasteiger charge is -2.03. The Morgan fingerprint density at radius 2 is 1.85 bits per heavy atom. The number of hydrogen-bond donors (Lipinski definition) is 1. The second-order valence-electron chi connectivity index (χ2n) is 4.48. The summed E-state index contributed by atoms with van der Waals surface area (Å²) in [5.74, 6) is 0. The lowest BCUT2D eigenvalue weighted by molar-refractivity contribution is 1.08. The van der Waals surface area contributed by atoms with E-state index in [4.69, 9.17) is 0 Å². The van der Waals surface area contributed by atoms with Crippen LogP contribution in [0.15, 0.2) is 65.8 Å². The molecule has 0 aliphatic carbocycles. The van der Waals surface area contributed by atoms with E-state index in [0.717, 1.165) is 11.1 Å². The van der Waals surface area contributed by atoms with E-state index < -0.39 is 0 Å². The van der Waals surface area contributed by atoms with E-state index in [9.17, 15) is 4.79 Å². The first kappa shape index (κ1) is 12.3. The van der Waals surface area contributed by atoms with Crippen LogP contribution in [0.1, 0.15) is 11.1 Å². The van der Waals surface area contributed by atoms with E-state index in [-0.39, 0.29) is 5.56 Å². The molecule has 2 heterocycles. The number of nitrogens with zero attached hydrogens (tertiary/aromatic N) is 2. The fourth-order valence-electron chi connectivity index (χ4n) is 2.05. The Balaban J connectivity index is 1.91. The van der Waals surface area contributed by atoms with E-state index in [1.54, 1.807) is 18.6 Å². The van der Waals surface area contributed by atoms with E-state index in [0.29, 0.717) is 17.8 Å². The SMILES string of the molecule is O=c1[nH]c(-c2cnccn2)ccc1Cc1ccccc1. The minimum absolute atomic E-state index is 0.0861. The highest BCUT2D eigenvalue weighted by Crippen LogP contribution is 2.12. The van der Waals surface area contributed by atoms with E-state index in [1.807, 2.05) is 42.5 Å². The van der Waals surface area contributed by atoms with Gasteiger partial charge in [0.15, 0.2) is 0 Å². The molecule has 0 fully saturated rings.